The van der Waals surface area contributed by atoms with Gasteiger partial charge in [-0.2, -0.15) is 0 Å². The van der Waals surface area contributed by atoms with Crippen molar-refractivity contribution in [1.82, 2.24) is 9.97 Å². The zero-order valence-corrected chi connectivity index (χ0v) is 10.7. The summed E-state index contributed by atoms with van der Waals surface area (Å²) in [5, 5.41) is 3.60. The molecular weight excluding hydrogens is 224 g/mol. The highest BCUT2D eigenvalue weighted by atomic mass is 14.9. The molecule has 1 aliphatic carbocycles. The van der Waals surface area contributed by atoms with Crippen LogP contribution in [0.15, 0.2) is 18.2 Å². The number of nitrogens with two attached hydrogens (primary N) is 1. The summed E-state index contributed by atoms with van der Waals surface area (Å²) in [4.78, 5) is 7.68. The van der Waals surface area contributed by atoms with Crippen molar-refractivity contribution in [1.29, 1.82) is 0 Å². The minimum atomic E-state index is 0.404. The molecule has 4 N–H and O–H groups in total. The summed E-state index contributed by atoms with van der Waals surface area (Å²) in [6.07, 6.45) is 4.59. The van der Waals surface area contributed by atoms with Gasteiger partial charge >= 0.3 is 0 Å². The van der Waals surface area contributed by atoms with Gasteiger partial charge in [0.2, 0.25) is 0 Å². The van der Waals surface area contributed by atoms with Crippen LogP contribution in [-0.4, -0.2) is 22.1 Å². The predicted molar refractivity (Wildman–Crippen MR) is 74.7 cm³/mol. The molecule has 0 amide bonds. The van der Waals surface area contributed by atoms with E-state index in [0.29, 0.717) is 12.1 Å². The first kappa shape index (κ1) is 11.5. The highest BCUT2D eigenvalue weighted by Gasteiger charge is 2.18. The van der Waals surface area contributed by atoms with E-state index in [1.807, 2.05) is 6.92 Å². The largest absolute Gasteiger partial charge is 0.382 e. The van der Waals surface area contributed by atoms with Crippen molar-refractivity contribution in [2.45, 2.75) is 44.7 Å². The van der Waals surface area contributed by atoms with Gasteiger partial charge in [-0.15, -0.1) is 0 Å². The molecule has 1 aromatic carbocycles. The van der Waals surface area contributed by atoms with Crippen LogP contribution in [0.2, 0.25) is 0 Å². The molecule has 1 aliphatic rings. The van der Waals surface area contributed by atoms with E-state index in [4.69, 9.17) is 5.73 Å². The van der Waals surface area contributed by atoms with Crippen LogP contribution in [0, 0.1) is 6.92 Å². The number of benzene rings is 1. The van der Waals surface area contributed by atoms with Gasteiger partial charge in [-0.3, -0.25) is 0 Å². The number of H-pyrrole nitrogens is 1. The molecule has 18 heavy (non-hydrogen) atoms. The molecule has 3 rings (SSSR count). The molecule has 2 aromatic rings. The molecule has 0 saturated heterocycles. The van der Waals surface area contributed by atoms with Crippen LogP contribution in [0.4, 0.5) is 5.69 Å². The van der Waals surface area contributed by atoms with E-state index in [9.17, 15) is 0 Å². The Bertz CT molecular complexity index is 538. The van der Waals surface area contributed by atoms with Gasteiger partial charge in [0.25, 0.3) is 0 Å². The fraction of sp³-hybridized carbons (Fsp3) is 0.500. The van der Waals surface area contributed by atoms with Crippen molar-refractivity contribution >= 4 is 16.7 Å². The van der Waals surface area contributed by atoms with Gasteiger partial charge < -0.3 is 16.0 Å². The number of fused-ring (bicyclic) bond motifs is 1. The van der Waals surface area contributed by atoms with E-state index in [2.05, 4.69) is 33.5 Å². The Hall–Kier alpha value is -1.55. The van der Waals surface area contributed by atoms with Crippen molar-refractivity contribution in [3.63, 3.8) is 0 Å². The molecular formula is C14H20N4. The number of aromatic nitrogens is 2. The number of rotatable bonds is 2. The Balaban J connectivity index is 1.74. The smallest absolute Gasteiger partial charge is 0.104 e. The van der Waals surface area contributed by atoms with E-state index in [1.54, 1.807) is 0 Å². The number of aromatic amines is 1. The lowest BCUT2D eigenvalue weighted by atomic mass is 9.91. The number of anilines is 1. The first-order valence-electron chi connectivity index (χ1n) is 6.69. The van der Waals surface area contributed by atoms with Gasteiger partial charge in [-0.1, -0.05) is 0 Å². The minimum Gasteiger partial charge on any atom is -0.382 e. The quantitative estimate of drug-likeness (QED) is 0.760. The van der Waals surface area contributed by atoms with E-state index < -0.39 is 0 Å². The van der Waals surface area contributed by atoms with Crippen molar-refractivity contribution in [3.8, 4) is 0 Å². The first-order valence-corrected chi connectivity index (χ1v) is 6.69. The van der Waals surface area contributed by atoms with E-state index >= 15 is 0 Å². The molecule has 0 unspecified atom stereocenters. The van der Waals surface area contributed by atoms with Crippen LogP contribution in [0.25, 0.3) is 11.0 Å². The van der Waals surface area contributed by atoms with Gasteiger partial charge in [-0.25, -0.2) is 4.98 Å². The normalized spacial score (nSPS) is 24.3. The van der Waals surface area contributed by atoms with Crippen LogP contribution < -0.4 is 11.1 Å². The second-order valence-electron chi connectivity index (χ2n) is 5.31. The maximum Gasteiger partial charge on any atom is 0.104 e. The van der Waals surface area contributed by atoms with Crippen molar-refractivity contribution in [2.75, 3.05) is 5.32 Å². The fourth-order valence-corrected chi connectivity index (χ4v) is 2.73. The lowest BCUT2D eigenvalue weighted by Crippen LogP contribution is -2.32. The monoisotopic (exact) mass is 244 g/mol. The molecule has 4 nitrogen and oxygen atoms in total. The zero-order valence-electron chi connectivity index (χ0n) is 10.7. The molecule has 1 aromatic heterocycles. The maximum atomic E-state index is 5.93. The number of hydrogen-bond donors (Lipinski definition) is 3. The van der Waals surface area contributed by atoms with Gasteiger partial charge in [0, 0.05) is 17.8 Å². The summed E-state index contributed by atoms with van der Waals surface area (Å²) in [5.41, 5.74) is 9.23. The lowest BCUT2D eigenvalue weighted by molar-refractivity contribution is 0.411. The average molecular weight is 244 g/mol. The third-order valence-corrected chi connectivity index (χ3v) is 3.74. The van der Waals surface area contributed by atoms with Gasteiger partial charge in [0.1, 0.15) is 5.82 Å². The lowest BCUT2D eigenvalue weighted by Gasteiger charge is -2.27. The summed E-state index contributed by atoms with van der Waals surface area (Å²) in [6.45, 7) is 1.98. The summed E-state index contributed by atoms with van der Waals surface area (Å²) >= 11 is 0. The summed E-state index contributed by atoms with van der Waals surface area (Å²) < 4.78 is 0. The molecule has 1 heterocycles. The SMILES string of the molecule is Cc1nc2ccc(NC3CCC(N)CC3)cc2[nH]1. The van der Waals surface area contributed by atoms with Crippen LogP contribution >= 0.6 is 0 Å². The predicted octanol–water partition coefficient (Wildman–Crippen LogP) is 2.55. The van der Waals surface area contributed by atoms with Crippen LogP contribution in [0.3, 0.4) is 0 Å². The standard InChI is InChI=1S/C14H20N4/c1-9-16-13-7-6-12(8-14(13)17-9)18-11-4-2-10(15)3-5-11/h6-8,10-11,18H,2-5,15H2,1H3,(H,16,17). The Morgan fingerprint density at radius 2 is 2.06 bits per heavy atom. The van der Waals surface area contributed by atoms with Gasteiger partial charge in [-0.05, 0) is 50.8 Å². The highest BCUT2D eigenvalue weighted by Crippen LogP contribution is 2.23. The Morgan fingerprint density at radius 3 is 2.83 bits per heavy atom. The zero-order chi connectivity index (χ0) is 12.5. The Labute approximate surface area is 107 Å². The molecule has 0 atom stereocenters. The number of aryl methyl sites for hydroxylation is 1. The fourth-order valence-electron chi connectivity index (χ4n) is 2.73. The number of nitrogens with one attached hydrogen (secondary N) is 2. The molecule has 1 fully saturated rings. The average Bonchev–Trinajstić information content (AvgIpc) is 2.71. The second kappa shape index (κ2) is 4.61. The molecule has 96 valence electrons. The van der Waals surface area contributed by atoms with Crippen molar-refractivity contribution in [3.05, 3.63) is 24.0 Å². The third-order valence-electron chi connectivity index (χ3n) is 3.74. The highest BCUT2D eigenvalue weighted by molar-refractivity contribution is 5.79. The van der Waals surface area contributed by atoms with Gasteiger partial charge in [0.15, 0.2) is 0 Å². The molecule has 0 bridgehead atoms. The van der Waals surface area contributed by atoms with E-state index in [1.165, 1.54) is 18.5 Å². The molecule has 0 radical (unpaired) electrons. The number of imidazole rings is 1. The summed E-state index contributed by atoms with van der Waals surface area (Å²) in [5.74, 6) is 0.964. The third kappa shape index (κ3) is 2.34. The molecule has 4 heteroatoms. The second-order valence-corrected chi connectivity index (χ2v) is 5.31. The topological polar surface area (TPSA) is 66.7 Å². The van der Waals surface area contributed by atoms with Crippen LogP contribution in [0.5, 0.6) is 0 Å². The van der Waals surface area contributed by atoms with E-state index in [-0.39, 0.29) is 0 Å². The Morgan fingerprint density at radius 1 is 1.28 bits per heavy atom. The van der Waals surface area contributed by atoms with Crippen molar-refractivity contribution < 1.29 is 0 Å². The van der Waals surface area contributed by atoms with E-state index in [0.717, 1.165) is 29.7 Å². The molecule has 1 saturated carbocycles. The van der Waals surface area contributed by atoms with Crippen LogP contribution in [-0.2, 0) is 0 Å². The number of hydrogen-bond acceptors (Lipinski definition) is 3. The molecule has 0 spiro atoms. The van der Waals surface area contributed by atoms with Crippen molar-refractivity contribution in [2.24, 2.45) is 5.73 Å². The molecule has 0 aliphatic heterocycles. The Kier molecular flexibility index (Phi) is 2.96. The minimum absolute atomic E-state index is 0.404. The van der Waals surface area contributed by atoms with Crippen LogP contribution in [0.1, 0.15) is 31.5 Å². The summed E-state index contributed by atoms with van der Waals surface area (Å²) in [6, 6.07) is 7.28. The maximum absolute atomic E-state index is 5.93. The summed E-state index contributed by atoms with van der Waals surface area (Å²) in [7, 11) is 0. The van der Waals surface area contributed by atoms with Gasteiger partial charge in [0.05, 0.1) is 11.0 Å². The number of nitrogens with zero attached hydrogens (tertiary/aromatic N) is 1. The first-order chi connectivity index (χ1) is 8.70.